The summed E-state index contributed by atoms with van der Waals surface area (Å²) in [7, 11) is 1.57. The maximum Gasteiger partial charge on any atom is 0.242 e. The van der Waals surface area contributed by atoms with Gasteiger partial charge in [0, 0.05) is 28.0 Å². The zero-order chi connectivity index (χ0) is 19.1. The van der Waals surface area contributed by atoms with Gasteiger partial charge in [0.25, 0.3) is 0 Å². The molecule has 0 aliphatic heterocycles. The van der Waals surface area contributed by atoms with Crippen LogP contribution in [0.1, 0.15) is 12.5 Å². The number of carbonyl (C=O) groups is 2. The molecule has 0 aliphatic carbocycles. The summed E-state index contributed by atoms with van der Waals surface area (Å²) >= 11 is 10.8. The predicted molar refractivity (Wildman–Crippen MR) is 110 cm³/mol. The van der Waals surface area contributed by atoms with Gasteiger partial charge in [-0.3, -0.25) is 9.59 Å². The first-order valence-corrected chi connectivity index (χ1v) is 10.2. The van der Waals surface area contributed by atoms with Crippen molar-refractivity contribution >= 4 is 51.1 Å². The lowest BCUT2D eigenvalue weighted by Gasteiger charge is -2.28. The van der Waals surface area contributed by atoms with E-state index in [2.05, 4.69) is 21.2 Å². The van der Waals surface area contributed by atoms with Gasteiger partial charge in [-0.05, 0) is 48.9 Å². The van der Waals surface area contributed by atoms with Gasteiger partial charge in [-0.1, -0.05) is 39.7 Å². The number of amides is 2. The largest absolute Gasteiger partial charge is 0.357 e. The predicted octanol–water partition coefficient (Wildman–Crippen LogP) is 4.36. The summed E-state index contributed by atoms with van der Waals surface area (Å²) in [6.45, 7) is 2.11. The summed E-state index contributed by atoms with van der Waals surface area (Å²) in [5.41, 5.74) is 0.958. The van der Waals surface area contributed by atoms with E-state index in [4.69, 9.17) is 11.6 Å². The molecule has 1 atom stereocenters. The zero-order valence-electron chi connectivity index (χ0n) is 14.5. The summed E-state index contributed by atoms with van der Waals surface area (Å²) in [5.74, 6) is -0.0392. The van der Waals surface area contributed by atoms with Crippen molar-refractivity contribution in [1.82, 2.24) is 10.2 Å². The van der Waals surface area contributed by atoms with Crippen molar-refractivity contribution in [2.75, 3.05) is 12.8 Å². The maximum atomic E-state index is 12.8. The molecule has 0 radical (unpaired) electrons. The van der Waals surface area contributed by atoms with E-state index in [-0.39, 0.29) is 17.6 Å². The Morgan fingerprint density at radius 2 is 1.92 bits per heavy atom. The van der Waals surface area contributed by atoms with Crippen LogP contribution in [0, 0.1) is 0 Å². The van der Waals surface area contributed by atoms with Crippen LogP contribution in [-0.2, 0) is 16.1 Å². The van der Waals surface area contributed by atoms with E-state index in [1.807, 2.05) is 36.4 Å². The van der Waals surface area contributed by atoms with Crippen molar-refractivity contribution in [2.45, 2.75) is 24.4 Å². The highest BCUT2D eigenvalue weighted by molar-refractivity contribution is 9.10. The molecule has 138 valence electrons. The summed E-state index contributed by atoms with van der Waals surface area (Å²) in [5, 5.41) is 3.27. The minimum Gasteiger partial charge on any atom is -0.357 e. The lowest BCUT2D eigenvalue weighted by atomic mass is 10.1. The number of rotatable bonds is 7. The second kappa shape index (κ2) is 10.00. The van der Waals surface area contributed by atoms with Crippen molar-refractivity contribution in [1.29, 1.82) is 0 Å². The first kappa shape index (κ1) is 20.8. The third-order valence-corrected chi connectivity index (χ3v) is 5.57. The molecule has 0 heterocycles. The van der Waals surface area contributed by atoms with Gasteiger partial charge in [-0.25, -0.2) is 0 Å². The number of likely N-dealkylation sites (N-methyl/N-ethyl adjacent to an activating group) is 1. The third kappa shape index (κ3) is 6.04. The van der Waals surface area contributed by atoms with Gasteiger partial charge in [-0.15, -0.1) is 11.8 Å². The number of thioether (sulfide) groups is 1. The molecule has 2 rings (SSSR count). The van der Waals surface area contributed by atoms with Gasteiger partial charge in [0.2, 0.25) is 11.8 Å². The molecule has 7 heteroatoms. The molecular weight excluding hydrogens is 436 g/mol. The van der Waals surface area contributed by atoms with Gasteiger partial charge in [0.15, 0.2) is 0 Å². The summed E-state index contributed by atoms with van der Waals surface area (Å²) in [4.78, 5) is 27.5. The highest BCUT2D eigenvalue weighted by atomic mass is 79.9. The number of hydrogen-bond donors (Lipinski definition) is 1. The Bertz CT molecular complexity index is 770. The second-order valence-electron chi connectivity index (χ2n) is 5.68. The van der Waals surface area contributed by atoms with E-state index in [0.29, 0.717) is 11.6 Å². The molecule has 0 fully saturated rings. The van der Waals surface area contributed by atoms with E-state index in [0.717, 1.165) is 14.9 Å². The number of nitrogens with zero attached hydrogens (tertiary/aromatic N) is 1. The standard InChI is InChI=1S/C19H20BrClN2O2S/c1-13(19(25)22-2)23(11-14-4-3-5-15(20)10-14)18(24)12-26-17-8-6-16(21)7-9-17/h3-10,13H,11-12H2,1-2H3,(H,22,25). The van der Waals surface area contributed by atoms with Crippen LogP contribution in [0.25, 0.3) is 0 Å². The number of benzene rings is 2. The van der Waals surface area contributed by atoms with E-state index in [1.54, 1.807) is 31.0 Å². The number of carbonyl (C=O) groups excluding carboxylic acids is 2. The average Bonchev–Trinajstić information content (AvgIpc) is 2.64. The van der Waals surface area contributed by atoms with Gasteiger partial charge in [-0.2, -0.15) is 0 Å². The van der Waals surface area contributed by atoms with Crippen molar-refractivity contribution in [3.8, 4) is 0 Å². The van der Waals surface area contributed by atoms with Crippen LogP contribution in [0.3, 0.4) is 0 Å². The molecule has 1 unspecified atom stereocenters. The third-order valence-electron chi connectivity index (χ3n) is 3.83. The van der Waals surface area contributed by atoms with Crippen LogP contribution in [0.5, 0.6) is 0 Å². The Kier molecular flexibility index (Phi) is 8.00. The van der Waals surface area contributed by atoms with E-state index in [1.165, 1.54) is 11.8 Å². The first-order valence-electron chi connectivity index (χ1n) is 8.04. The van der Waals surface area contributed by atoms with Gasteiger partial charge in [0.05, 0.1) is 5.75 Å². The fourth-order valence-electron chi connectivity index (χ4n) is 2.38. The molecule has 0 aromatic heterocycles. The van der Waals surface area contributed by atoms with Crippen LogP contribution in [0.2, 0.25) is 5.02 Å². The molecule has 26 heavy (non-hydrogen) atoms. The zero-order valence-corrected chi connectivity index (χ0v) is 17.7. The fourth-order valence-corrected chi connectivity index (χ4v) is 3.74. The lowest BCUT2D eigenvalue weighted by molar-refractivity contribution is -0.138. The molecule has 2 aromatic carbocycles. The second-order valence-corrected chi connectivity index (χ2v) is 8.09. The number of halogens is 2. The van der Waals surface area contributed by atoms with Crippen LogP contribution in [-0.4, -0.2) is 35.6 Å². The fraction of sp³-hybridized carbons (Fsp3) is 0.263. The average molecular weight is 456 g/mol. The minimum atomic E-state index is -0.558. The highest BCUT2D eigenvalue weighted by Crippen LogP contribution is 2.22. The molecule has 2 amide bonds. The van der Waals surface area contributed by atoms with Crippen LogP contribution in [0.15, 0.2) is 57.9 Å². The van der Waals surface area contributed by atoms with Gasteiger partial charge < -0.3 is 10.2 Å². The first-order chi connectivity index (χ1) is 12.4. The topological polar surface area (TPSA) is 49.4 Å². The highest BCUT2D eigenvalue weighted by Gasteiger charge is 2.25. The van der Waals surface area contributed by atoms with Crippen LogP contribution < -0.4 is 5.32 Å². The molecular formula is C19H20BrClN2O2S. The van der Waals surface area contributed by atoms with Crippen LogP contribution >= 0.6 is 39.3 Å². The lowest BCUT2D eigenvalue weighted by Crippen LogP contribution is -2.47. The van der Waals surface area contributed by atoms with Gasteiger partial charge in [0.1, 0.15) is 6.04 Å². The van der Waals surface area contributed by atoms with Crippen molar-refractivity contribution in [2.24, 2.45) is 0 Å². The van der Waals surface area contributed by atoms with E-state index in [9.17, 15) is 9.59 Å². The normalized spacial score (nSPS) is 11.7. The number of hydrogen-bond acceptors (Lipinski definition) is 3. The molecule has 0 saturated carbocycles. The van der Waals surface area contributed by atoms with E-state index < -0.39 is 6.04 Å². The Morgan fingerprint density at radius 1 is 1.23 bits per heavy atom. The minimum absolute atomic E-state index is 0.0963. The summed E-state index contributed by atoms with van der Waals surface area (Å²) in [6, 6.07) is 14.5. The molecule has 0 bridgehead atoms. The van der Waals surface area contributed by atoms with Gasteiger partial charge >= 0.3 is 0 Å². The smallest absolute Gasteiger partial charge is 0.242 e. The molecule has 0 saturated heterocycles. The van der Waals surface area contributed by atoms with Crippen LogP contribution in [0.4, 0.5) is 0 Å². The quantitative estimate of drug-likeness (QED) is 0.631. The summed E-state index contributed by atoms with van der Waals surface area (Å²) in [6.07, 6.45) is 0. The van der Waals surface area contributed by atoms with E-state index >= 15 is 0 Å². The Morgan fingerprint density at radius 3 is 2.54 bits per heavy atom. The Hall–Kier alpha value is -1.50. The Balaban J connectivity index is 2.12. The molecule has 2 aromatic rings. The molecule has 4 nitrogen and oxygen atoms in total. The Labute approximate surface area is 171 Å². The molecule has 1 N–H and O–H groups in total. The monoisotopic (exact) mass is 454 g/mol. The molecule has 0 spiro atoms. The van der Waals surface area contributed by atoms with Crippen molar-refractivity contribution in [3.05, 3.63) is 63.6 Å². The van der Waals surface area contributed by atoms with Crippen molar-refractivity contribution in [3.63, 3.8) is 0 Å². The summed E-state index contributed by atoms with van der Waals surface area (Å²) < 4.78 is 0.936. The van der Waals surface area contributed by atoms with Crippen molar-refractivity contribution < 1.29 is 9.59 Å². The number of nitrogens with one attached hydrogen (secondary N) is 1. The molecule has 0 aliphatic rings. The SMILES string of the molecule is CNC(=O)C(C)N(Cc1cccc(Br)c1)C(=O)CSc1ccc(Cl)cc1. The maximum absolute atomic E-state index is 12.8.